The highest BCUT2D eigenvalue weighted by Crippen LogP contribution is 2.23. The smallest absolute Gasteiger partial charge is 0.309 e. The molecule has 1 rings (SSSR count). The fraction of sp³-hybridized carbons (Fsp3) is 0.500. The van der Waals surface area contributed by atoms with E-state index in [0.717, 1.165) is 5.56 Å². The van der Waals surface area contributed by atoms with Gasteiger partial charge in [0, 0.05) is 5.56 Å². The van der Waals surface area contributed by atoms with Gasteiger partial charge in [0.2, 0.25) is 0 Å². The van der Waals surface area contributed by atoms with Crippen molar-refractivity contribution in [1.29, 1.82) is 0 Å². The molecule has 0 fully saturated rings. The molecule has 1 atom stereocenters. The molecule has 0 bridgehead atoms. The Labute approximate surface area is 124 Å². The first kappa shape index (κ1) is 17.0. The van der Waals surface area contributed by atoms with Gasteiger partial charge in [-0.15, -0.1) is 0 Å². The summed E-state index contributed by atoms with van der Waals surface area (Å²) < 4.78 is 10.2. The standard InChI is InChI=1S/C16H22O5/c1-4-12(16(19)21-5-2)8-11-6-7-14(20-3)13(9-11)10-15(17)18/h6-7,9,12H,4-5,8,10H2,1-3H3,(H,17,18). The minimum Gasteiger partial charge on any atom is -0.496 e. The van der Waals surface area contributed by atoms with Crippen LogP contribution in [0.2, 0.25) is 0 Å². The third-order valence-corrected chi connectivity index (χ3v) is 3.28. The lowest BCUT2D eigenvalue weighted by Crippen LogP contribution is -2.19. The number of benzene rings is 1. The number of rotatable bonds is 8. The first-order valence-corrected chi connectivity index (χ1v) is 7.06. The van der Waals surface area contributed by atoms with Gasteiger partial charge in [-0.1, -0.05) is 19.1 Å². The minimum absolute atomic E-state index is 0.104. The van der Waals surface area contributed by atoms with E-state index in [0.29, 0.717) is 30.8 Å². The van der Waals surface area contributed by atoms with Crippen LogP contribution in [0.1, 0.15) is 31.4 Å². The number of methoxy groups -OCH3 is 1. The number of ether oxygens (including phenoxy) is 2. The SMILES string of the molecule is CCOC(=O)C(CC)Cc1ccc(OC)c(CC(=O)O)c1. The van der Waals surface area contributed by atoms with Gasteiger partial charge in [0.05, 0.1) is 26.1 Å². The molecule has 0 spiro atoms. The fourth-order valence-corrected chi connectivity index (χ4v) is 2.20. The van der Waals surface area contributed by atoms with E-state index in [1.54, 1.807) is 19.1 Å². The van der Waals surface area contributed by atoms with Crippen molar-refractivity contribution < 1.29 is 24.2 Å². The number of hydrogen-bond acceptors (Lipinski definition) is 4. The second-order valence-corrected chi connectivity index (χ2v) is 4.78. The van der Waals surface area contributed by atoms with Gasteiger partial charge in [0.15, 0.2) is 0 Å². The van der Waals surface area contributed by atoms with Crippen LogP contribution in [0.5, 0.6) is 5.75 Å². The second kappa shape index (κ2) is 8.29. The van der Waals surface area contributed by atoms with E-state index in [9.17, 15) is 9.59 Å². The quantitative estimate of drug-likeness (QED) is 0.746. The maximum absolute atomic E-state index is 11.8. The number of aliphatic carboxylic acids is 1. The van der Waals surface area contributed by atoms with Crippen LogP contribution < -0.4 is 4.74 Å². The minimum atomic E-state index is -0.914. The molecule has 0 aliphatic heterocycles. The summed E-state index contributed by atoms with van der Waals surface area (Å²) in [7, 11) is 1.51. The summed E-state index contributed by atoms with van der Waals surface area (Å²) in [6.45, 7) is 4.08. The van der Waals surface area contributed by atoms with Crippen LogP contribution in [-0.4, -0.2) is 30.8 Å². The Kier molecular flexibility index (Phi) is 6.72. The van der Waals surface area contributed by atoms with Crippen molar-refractivity contribution in [3.63, 3.8) is 0 Å². The average molecular weight is 294 g/mol. The van der Waals surface area contributed by atoms with Crippen LogP contribution in [0.15, 0.2) is 18.2 Å². The summed E-state index contributed by atoms with van der Waals surface area (Å²) in [5.41, 5.74) is 1.52. The average Bonchev–Trinajstić information content (AvgIpc) is 2.44. The maximum atomic E-state index is 11.8. The van der Waals surface area contributed by atoms with Crippen molar-refractivity contribution in [2.75, 3.05) is 13.7 Å². The van der Waals surface area contributed by atoms with Gasteiger partial charge in [-0.3, -0.25) is 9.59 Å². The zero-order valence-corrected chi connectivity index (χ0v) is 12.7. The third-order valence-electron chi connectivity index (χ3n) is 3.28. The molecule has 5 heteroatoms. The van der Waals surface area contributed by atoms with Crippen LogP contribution >= 0.6 is 0 Å². The van der Waals surface area contributed by atoms with E-state index in [2.05, 4.69) is 0 Å². The Morgan fingerprint density at radius 1 is 1.29 bits per heavy atom. The molecule has 0 saturated heterocycles. The van der Waals surface area contributed by atoms with Gasteiger partial charge in [0.1, 0.15) is 5.75 Å². The maximum Gasteiger partial charge on any atom is 0.309 e. The van der Waals surface area contributed by atoms with E-state index in [1.165, 1.54) is 7.11 Å². The molecule has 116 valence electrons. The molecule has 1 aromatic carbocycles. The Morgan fingerprint density at radius 2 is 2.00 bits per heavy atom. The van der Waals surface area contributed by atoms with Gasteiger partial charge in [0.25, 0.3) is 0 Å². The first-order chi connectivity index (χ1) is 10.0. The molecule has 0 heterocycles. The molecular formula is C16H22O5. The molecular weight excluding hydrogens is 272 g/mol. The van der Waals surface area contributed by atoms with Crippen LogP contribution in [0, 0.1) is 5.92 Å². The van der Waals surface area contributed by atoms with Crippen LogP contribution in [0.25, 0.3) is 0 Å². The van der Waals surface area contributed by atoms with E-state index < -0.39 is 5.97 Å². The molecule has 0 radical (unpaired) electrons. The van der Waals surface area contributed by atoms with Crippen molar-refractivity contribution in [3.8, 4) is 5.75 Å². The van der Waals surface area contributed by atoms with Crippen molar-refractivity contribution in [3.05, 3.63) is 29.3 Å². The lowest BCUT2D eigenvalue weighted by Gasteiger charge is -2.15. The first-order valence-electron chi connectivity index (χ1n) is 7.06. The molecule has 0 aliphatic rings. The van der Waals surface area contributed by atoms with Crippen molar-refractivity contribution in [2.45, 2.75) is 33.1 Å². The highest BCUT2D eigenvalue weighted by atomic mass is 16.5. The Morgan fingerprint density at radius 3 is 2.52 bits per heavy atom. The monoisotopic (exact) mass is 294 g/mol. The molecule has 1 N–H and O–H groups in total. The number of esters is 1. The van der Waals surface area contributed by atoms with E-state index in [4.69, 9.17) is 14.6 Å². The van der Waals surface area contributed by atoms with Crippen LogP contribution in [0.3, 0.4) is 0 Å². The molecule has 0 saturated carbocycles. The van der Waals surface area contributed by atoms with E-state index >= 15 is 0 Å². The van der Waals surface area contributed by atoms with Gasteiger partial charge in [-0.2, -0.15) is 0 Å². The largest absolute Gasteiger partial charge is 0.496 e. The van der Waals surface area contributed by atoms with Crippen molar-refractivity contribution >= 4 is 11.9 Å². The number of hydrogen-bond donors (Lipinski definition) is 1. The summed E-state index contributed by atoms with van der Waals surface area (Å²) in [5.74, 6) is -0.792. The van der Waals surface area contributed by atoms with Gasteiger partial charge < -0.3 is 14.6 Å². The zero-order chi connectivity index (χ0) is 15.8. The zero-order valence-electron chi connectivity index (χ0n) is 12.7. The number of carbonyl (C=O) groups is 2. The molecule has 1 aromatic rings. The summed E-state index contributed by atoms with van der Waals surface area (Å²) in [6.07, 6.45) is 1.11. The summed E-state index contributed by atoms with van der Waals surface area (Å²) in [5, 5.41) is 8.93. The van der Waals surface area contributed by atoms with Crippen LogP contribution in [0.4, 0.5) is 0 Å². The molecule has 5 nitrogen and oxygen atoms in total. The van der Waals surface area contributed by atoms with Crippen LogP contribution in [-0.2, 0) is 27.2 Å². The highest BCUT2D eigenvalue weighted by Gasteiger charge is 2.19. The Balaban J connectivity index is 2.92. The molecule has 1 unspecified atom stereocenters. The molecule has 21 heavy (non-hydrogen) atoms. The number of carboxylic acid groups (broad SMARTS) is 1. The normalized spacial score (nSPS) is 11.8. The Bertz CT molecular complexity index is 495. The number of carboxylic acids is 1. The lowest BCUT2D eigenvalue weighted by atomic mass is 9.95. The number of carbonyl (C=O) groups excluding carboxylic acids is 1. The summed E-state index contributed by atoms with van der Waals surface area (Å²) in [4.78, 5) is 22.7. The second-order valence-electron chi connectivity index (χ2n) is 4.78. The van der Waals surface area contributed by atoms with Gasteiger partial charge in [-0.05, 0) is 31.4 Å². The van der Waals surface area contributed by atoms with Gasteiger partial charge >= 0.3 is 11.9 Å². The third kappa shape index (κ3) is 5.10. The molecule has 0 aromatic heterocycles. The molecule has 0 aliphatic carbocycles. The van der Waals surface area contributed by atoms with Crippen molar-refractivity contribution in [2.24, 2.45) is 5.92 Å². The highest BCUT2D eigenvalue weighted by molar-refractivity contribution is 5.73. The predicted molar refractivity (Wildman–Crippen MR) is 78.5 cm³/mol. The molecule has 0 amide bonds. The summed E-state index contributed by atoms with van der Waals surface area (Å²) in [6, 6.07) is 5.38. The van der Waals surface area contributed by atoms with Gasteiger partial charge in [-0.25, -0.2) is 0 Å². The van der Waals surface area contributed by atoms with Crippen molar-refractivity contribution in [1.82, 2.24) is 0 Å². The topological polar surface area (TPSA) is 72.8 Å². The van der Waals surface area contributed by atoms with E-state index in [-0.39, 0.29) is 18.3 Å². The van der Waals surface area contributed by atoms with E-state index in [1.807, 2.05) is 13.0 Å². The fourth-order valence-electron chi connectivity index (χ4n) is 2.20. The summed E-state index contributed by atoms with van der Waals surface area (Å²) >= 11 is 0. The predicted octanol–water partition coefficient (Wildman–Crippen LogP) is 2.45. The Hall–Kier alpha value is -2.04. The lowest BCUT2D eigenvalue weighted by molar-refractivity contribution is -0.148.